The van der Waals surface area contributed by atoms with Crippen LogP contribution in [0.25, 0.3) is 0 Å². The molecule has 1 unspecified atom stereocenters. The second-order valence-corrected chi connectivity index (χ2v) is 7.96. The molecule has 1 N–H and O–H groups in total. The van der Waals surface area contributed by atoms with Crippen LogP contribution in [0.2, 0.25) is 0 Å². The van der Waals surface area contributed by atoms with Crippen molar-refractivity contribution in [3.8, 4) is 0 Å². The zero-order chi connectivity index (χ0) is 15.7. The topological polar surface area (TPSA) is 83.6 Å². The summed E-state index contributed by atoms with van der Waals surface area (Å²) in [6, 6.07) is -0.294. The average molecular weight is 314 g/mol. The number of nitrogens with zero attached hydrogens (tertiary/aromatic N) is 1. The normalized spacial score (nSPS) is 25.1. The van der Waals surface area contributed by atoms with Gasteiger partial charge in [-0.2, -0.15) is 0 Å². The lowest BCUT2D eigenvalue weighted by molar-refractivity contribution is -0.145. The maximum absolute atomic E-state index is 12.7. The third-order valence-corrected chi connectivity index (χ3v) is 6.00. The molecule has 2 amide bonds. The molecule has 0 aromatic rings. The molecular weight excluding hydrogens is 292 g/mol. The van der Waals surface area contributed by atoms with Gasteiger partial charge in [0, 0.05) is 19.1 Å². The summed E-state index contributed by atoms with van der Waals surface area (Å²) in [6.45, 7) is 6.11. The molecule has 1 heterocycles. The minimum Gasteiger partial charge on any atom is -0.352 e. The van der Waals surface area contributed by atoms with Crippen LogP contribution in [0, 0.1) is 5.41 Å². The molecule has 0 bridgehead atoms. The van der Waals surface area contributed by atoms with Gasteiger partial charge in [-0.3, -0.25) is 9.59 Å². The fourth-order valence-corrected chi connectivity index (χ4v) is 4.59. The lowest BCUT2D eigenvalue weighted by Crippen LogP contribution is -2.49. The quantitative estimate of drug-likeness (QED) is 0.557. The van der Waals surface area contributed by atoms with Gasteiger partial charge in [-0.15, -0.1) is 6.58 Å². The molecule has 1 aliphatic heterocycles. The van der Waals surface area contributed by atoms with E-state index in [9.17, 15) is 18.0 Å². The van der Waals surface area contributed by atoms with Gasteiger partial charge < -0.3 is 10.2 Å². The first-order valence-corrected chi connectivity index (χ1v) is 9.09. The molecule has 2 fully saturated rings. The smallest absolute Gasteiger partial charge is 0.238 e. The highest BCUT2D eigenvalue weighted by Gasteiger charge is 2.58. The summed E-state index contributed by atoms with van der Waals surface area (Å²) >= 11 is 0. The second-order valence-electron chi connectivity index (χ2n) is 5.73. The monoisotopic (exact) mass is 314 g/mol. The van der Waals surface area contributed by atoms with Crippen molar-refractivity contribution >= 4 is 21.7 Å². The van der Waals surface area contributed by atoms with Crippen LogP contribution in [-0.2, 0) is 19.4 Å². The lowest BCUT2D eigenvalue weighted by atomic mass is 10.0. The average Bonchev–Trinajstić information content (AvgIpc) is 3.17. The molecule has 1 atom stereocenters. The van der Waals surface area contributed by atoms with Crippen LogP contribution in [0.5, 0.6) is 0 Å². The minimum absolute atomic E-state index is 0.0109. The Hall–Kier alpha value is -1.37. The Morgan fingerprint density at radius 3 is 2.52 bits per heavy atom. The van der Waals surface area contributed by atoms with Crippen LogP contribution < -0.4 is 5.32 Å². The van der Waals surface area contributed by atoms with Crippen molar-refractivity contribution in [3.63, 3.8) is 0 Å². The number of rotatable bonds is 6. The number of amides is 2. The Labute approximate surface area is 125 Å². The molecule has 7 heteroatoms. The van der Waals surface area contributed by atoms with Crippen molar-refractivity contribution in [2.75, 3.05) is 24.6 Å². The second kappa shape index (κ2) is 5.79. The van der Waals surface area contributed by atoms with Gasteiger partial charge in [0.05, 0.1) is 11.5 Å². The zero-order valence-electron chi connectivity index (χ0n) is 12.3. The van der Waals surface area contributed by atoms with Crippen molar-refractivity contribution in [3.05, 3.63) is 12.7 Å². The van der Waals surface area contributed by atoms with Crippen molar-refractivity contribution in [1.29, 1.82) is 0 Å². The SMILES string of the molecule is C=CCNC(=O)C1(C(=O)N(CC)C2CCS(=O)(=O)C2)CC1. The fourth-order valence-electron chi connectivity index (χ4n) is 2.86. The summed E-state index contributed by atoms with van der Waals surface area (Å²) in [4.78, 5) is 26.4. The number of hydrogen-bond acceptors (Lipinski definition) is 4. The van der Waals surface area contributed by atoms with Crippen molar-refractivity contribution in [2.45, 2.75) is 32.2 Å². The predicted molar refractivity (Wildman–Crippen MR) is 79.3 cm³/mol. The Morgan fingerprint density at radius 2 is 2.10 bits per heavy atom. The molecule has 0 spiro atoms. The summed E-state index contributed by atoms with van der Waals surface area (Å²) in [6.07, 6.45) is 3.10. The molecule has 6 nitrogen and oxygen atoms in total. The minimum atomic E-state index is -3.05. The highest BCUT2D eigenvalue weighted by molar-refractivity contribution is 7.91. The molecule has 2 rings (SSSR count). The highest BCUT2D eigenvalue weighted by Crippen LogP contribution is 2.48. The Kier molecular flexibility index (Phi) is 4.41. The van der Waals surface area contributed by atoms with Crippen LogP contribution in [0.15, 0.2) is 12.7 Å². The number of sulfone groups is 1. The summed E-state index contributed by atoms with van der Waals surface area (Å²) < 4.78 is 23.2. The fraction of sp³-hybridized carbons (Fsp3) is 0.714. The van der Waals surface area contributed by atoms with Crippen LogP contribution in [-0.4, -0.2) is 55.8 Å². The van der Waals surface area contributed by atoms with E-state index in [0.717, 1.165) is 0 Å². The van der Waals surface area contributed by atoms with Gasteiger partial charge in [0.1, 0.15) is 5.41 Å². The molecule has 2 aliphatic rings. The summed E-state index contributed by atoms with van der Waals surface area (Å²) in [5.41, 5.74) is -0.981. The van der Waals surface area contributed by atoms with E-state index in [2.05, 4.69) is 11.9 Å². The Bertz CT molecular complexity index is 551. The van der Waals surface area contributed by atoms with Gasteiger partial charge in [-0.25, -0.2) is 8.42 Å². The molecule has 0 radical (unpaired) electrons. The van der Waals surface area contributed by atoms with Gasteiger partial charge >= 0.3 is 0 Å². The summed E-state index contributed by atoms with van der Waals surface area (Å²) in [5.74, 6) is -0.367. The van der Waals surface area contributed by atoms with Gasteiger partial charge in [0.2, 0.25) is 11.8 Å². The first-order chi connectivity index (χ1) is 9.86. The zero-order valence-corrected chi connectivity index (χ0v) is 13.1. The third-order valence-electron chi connectivity index (χ3n) is 4.25. The van der Waals surface area contributed by atoms with E-state index < -0.39 is 15.3 Å². The Morgan fingerprint density at radius 1 is 1.43 bits per heavy atom. The summed E-state index contributed by atoms with van der Waals surface area (Å²) in [7, 11) is -3.05. The molecule has 21 heavy (non-hydrogen) atoms. The number of carbonyl (C=O) groups is 2. The van der Waals surface area contributed by atoms with Crippen LogP contribution in [0.3, 0.4) is 0 Å². The van der Waals surface area contributed by atoms with E-state index in [1.54, 1.807) is 11.0 Å². The van der Waals surface area contributed by atoms with Gasteiger partial charge in [0.15, 0.2) is 9.84 Å². The van der Waals surface area contributed by atoms with Gasteiger partial charge in [-0.05, 0) is 26.2 Å². The van der Waals surface area contributed by atoms with Crippen molar-refractivity contribution < 1.29 is 18.0 Å². The third kappa shape index (κ3) is 3.12. The van der Waals surface area contributed by atoms with Gasteiger partial charge in [-0.1, -0.05) is 6.08 Å². The van der Waals surface area contributed by atoms with E-state index in [1.807, 2.05) is 6.92 Å². The first-order valence-electron chi connectivity index (χ1n) is 7.27. The number of carbonyl (C=O) groups excluding carboxylic acids is 2. The maximum atomic E-state index is 12.7. The van der Waals surface area contributed by atoms with Crippen LogP contribution in [0.1, 0.15) is 26.2 Å². The molecule has 0 aromatic heterocycles. The molecule has 1 aliphatic carbocycles. The lowest BCUT2D eigenvalue weighted by Gasteiger charge is -2.30. The maximum Gasteiger partial charge on any atom is 0.238 e. The number of hydrogen-bond donors (Lipinski definition) is 1. The van der Waals surface area contributed by atoms with Gasteiger partial charge in [0.25, 0.3) is 0 Å². The van der Waals surface area contributed by atoms with E-state index in [-0.39, 0.29) is 29.4 Å². The molecular formula is C14H22N2O4S. The summed E-state index contributed by atoms with van der Waals surface area (Å²) in [5, 5.41) is 2.68. The van der Waals surface area contributed by atoms with Crippen LogP contribution >= 0.6 is 0 Å². The Balaban J connectivity index is 2.10. The van der Waals surface area contributed by atoms with E-state index in [4.69, 9.17) is 0 Å². The molecule has 1 saturated heterocycles. The molecule has 118 valence electrons. The number of nitrogens with one attached hydrogen (secondary N) is 1. The van der Waals surface area contributed by atoms with Crippen molar-refractivity contribution in [2.24, 2.45) is 5.41 Å². The van der Waals surface area contributed by atoms with Crippen LogP contribution in [0.4, 0.5) is 0 Å². The predicted octanol–water partition coefficient (Wildman–Crippen LogP) is 0.104. The van der Waals surface area contributed by atoms with Crippen molar-refractivity contribution in [1.82, 2.24) is 10.2 Å². The standard InChI is InChI=1S/C14H22N2O4S/c1-3-8-15-12(17)14(6-7-14)13(18)16(4-2)11-5-9-21(19,20)10-11/h3,11H,1,4-10H2,2H3,(H,15,17). The highest BCUT2D eigenvalue weighted by atomic mass is 32.2. The molecule has 0 aromatic carbocycles. The van der Waals surface area contributed by atoms with E-state index in [1.165, 1.54) is 0 Å². The molecule has 1 saturated carbocycles. The first kappa shape index (κ1) is 16.0. The largest absolute Gasteiger partial charge is 0.352 e. The van der Waals surface area contributed by atoms with E-state index >= 15 is 0 Å². The van der Waals surface area contributed by atoms with E-state index in [0.29, 0.717) is 32.4 Å².